The molecule has 0 heterocycles. The number of hydrogen-bond acceptors (Lipinski definition) is 2. The molecule has 1 aromatic carbocycles. The van der Waals surface area contributed by atoms with Crippen molar-refractivity contribution < 1.29 is 13.6 Å². The van der Waals surface area contributed by atoms with Crippen molar-refractivity contribution >= 4 is 5.91 Å². The van der Waals surface area contributed by atoms with Crippen molar-refractivity contribution in [1.29, 1.82) is 0 Å². The summed E-state index contributed by atoms with van der Waals surface area (Å²) >= 11 is 0. The highest BCUT2D eigenvalue weighted by atomic mass is 19.1. The van der Waals surface area contributed by atoms with E-state index in [0.717, 1.165) is 6.07 Å². The predicted octanol–water partition coefficient (Wildman–Crippen LogP) is 1.58. The number of amides is 1. The molecule has 0 radical (unpaired) electrons. The second kappa shape index (κ2) is 6.30. The first-order chi connectivity index (χ1) is 7.97. The Morgan fingerprint density at radius 1 is 1.24 bits per heavy atom. The summed E-state index contributed by atoms with van der Waals surface area (Å²) in [5, 5.41) is 5.52. The summed E-state index contributed by atoms with van der Waals surface area (Å²) in [6.07, 6.45) is 0. The van der Waals surface area contributed by atoms with Gasteiger partial charge < -0.3 is 10.6 Å². The van der Waals surface area contributed by atoms with Crippen LogP contribution in [0.15, 0.2) is 18.2 Å². The Balaban J connectivity index is 2.38. The van der Waals surface area contributed by atoms with E-state index >= 15 is 0 Å². The highest BCUT2D eigenvalue weighted by Gasteiger charge is 2.04. The number of carbonyl (C=O) groups is 1. The Labute approximate surface area is 99.2 Å². The van der Waals surface area contributed by atoms with Crippen molar-refractivity contribution in [2.24, 2.45) is 0 Å². The SMILES string of the molecule is CC(C)NC(=O)CNCc1cc(F)cc(F)c1. The average molecular weight is 242 g/mol. The minimum atomic E-state index is -0.617. The Morgan fingerprint density at radius 3 is 2.35 bits per heavy atom. The molecule has 5 heteroatoms. The quantitative estimate of drug-likeness (QED) is 0.823. The lowest BCUT2D eigenvalue weighted by Crippen LogP contribution is -2.37. The van der Waals surface area contributed by atoms with Gasteiger partial charge in [0.15, 0.2) is 0 Å². The first kappa shape index (κ1) is 13.6. The Kier molecular flexibility index (Phi) is 5.03. The van der Waals surface area contributed by atoms with Crippen LogP contribution in [0.25, 0.3) is 0 Å². The van der Waals surface area contributed by atoms with Crippen LogP contribution < -0.4 is 10.6 Å². The molecule has 0 unspecified atom stereocenters. The van der Waals surface area contributed by atoms with Gasteiger partial charge in [-0.3, -0.25) is 4.79 Å². The zero-order chi connectivity index (χ0) is 12.8. The zero-order valence-corrected chi connectivity index (χ0v) is 9.89. The van der Waals surface area contributed by atoms with Crippen molar-refractivity contribution in [2.75, 3.05) is 6.54 Å². The average Bonchev–Trinajstić information content (AvgIpc) is 2.14. The van der Waals surface area contributed by atoms with E-state index in [1.54, 1.807) is 0 Å². The maximum absolute atomic E-state index is 12.8. The third-order valence-electron chi connectivity index (χ3n) is 1.99. The second-order valence-corrected chi connectivity index (χ2v) is 4.10. The monoisotopic (exact) mass is 242 g/mol. The standard InChI is InChI=1S/C12H16F2N2O/c1-8(2)16-12(17)7-15-6-9-3-10(13)5-11(14)4-9/h3-5,8,15H,6-7H2,1-2H3,(H,16,17). The Morgan fingerprint density at radius 2 is 1.82 bits per heavy atom. The number of halogens is 2. The Hall–Kier alpha value is -1.49. The smallest absolute Gasteiger partial charge is 0.234 e. The molecule has 0 aliphatic carbocycles. The maximum atomic E-state index is 12.8. The van der Waals surface area contributed by atoms with Crippen LogP contribution in [0, 0.1) is 11.6 Å². The van der Waals surface area contributed by atoms with Crippen molar-refractivity contribution in [1.82, 2.24) is 10.6 Å². The van der Waals surface area contributed by atoms with Crippen molar-refractivity contribution in [3.05, 3.63) is 35.4 Å². The van der Waals surface area contributed by atoms with E-state index < -0.39 is 11.6 Å². The predicted molar refractivity (Wildman–Crippen MR) is 61.3 cm³/mol. The molecule has 0 saturated heterocycles. The van der Waals surface area contributed by atoms with Gasteiger partial charge in [-0.2, -0.15) is 0 Å². The molecule has 17 heavy (non-hydrogen) atoms. The van der Waals surface area contributed by atoms with E-state index in [0.29, 0.717) is 5.56 Å². The fourth-order valence-corrected chi connectivity index (χ4v) is 1.41. The minimum Gasteiger partial charge on any atom is -0.353 e. The molecule has 1 aromatic rings. The highest BCUT2D eigenvalue weighted by Crippen LogP contribution is 2.07. The molecule has 2 N–H and O–H groups in total. The van der Waals surface area contributed by atoms with Gasteiger partial charge in [0.05, 0.1) is 6.54 Å². The van der Waals surface area contributed by atoms with Gasteiger partial charge in [-0.15, -0.1) is 0 Å². The van der Waals surface area contributed by atoms with Crippen molar-refractivity contribution in [2.45, 2.75) is 26.4 Å². The normalized spacial score (nSPS) is 10.6. The van der Waals surface area contributed by atoms with E-state index in [1.807, 2.05) is 13.8 Å². The molecule has 0 aromatic heterocycles. The summed E-state index contributed by atoms with van der Waals surface area (Å²) in [6.45, 7) is 4.09. The van der Waals surface area contributed by atoms with E-state index in [-0.39, 0.29) is 25.0 Å². The van der Waals surface area contributed by atoms with Gasteiger partial charge in [-0.05, 0) is 31.5 Å². The molecule has 0 atom stereocenters. The first-order valence-corrected chi connectivity index (χ1v) is 5.42. The molecule has 3 nitrogen and oxygen atoms in total. The summed E-state index contributed by atoms with van der Waals surface area (Å²) in [6, 6.07) is 3.36. The third-order valence-corrected chi connectivity index (χ3v) is 1.99. The summed E-state index contributed by atoms with van der Waals surface area (Å²) in [7, 11) is 0. The van der Waals surface area contributed by atoms with E-state index in [1.165, 1.54) is 12.1 Å². The van der Waals surface area contributed by atoms with Crippen molar-refractivity contribution in [3.63, 3.8) is 0 Å². The van der Waals surface area contributed by atoms with Gasteiger partial charge in [0.25, 0.3) is 0 Å². The summed E-state index contributed by atoms with van der Waals surface area (Å²) in [4.78, 5) is 11.3. The number of rotatable bonds is 5. The lowest BCUT2D eigenvalue weighted by Gasteiger charge is -2.09. The molecule has 0 aliphatic rings. The molecule has 0 aliphatic heterocycles. The lowest BCUT2D eigenvalue weighted by molar-refractivity contribution is -0.120. The molecule has 94 valence electrons. The molecule has 0 saturated carbocycles. The molecular weight excluding hydrogens is 226 g/mol. The number of nitrogens with one attached hydrogen (secondary N) is 2. The molecule has 1 amide bonds. The number of hydrogen-bond donors (Lipinski definition) is 2. The fourth-order valence-electron chi connectivity index (χ4n) is 1.41. The number of carbonyl (C=O) groups excluding carboxylic acids is 1. The topological polar surface area (TPSA) is 41.1 Å². The molecule has 1 rings (SSSR count). The lowest BCUT2D eigenvalue weighted by atomic mass is 10.2. The highest BCUT2D eigenvalue weighted by molar-refractivity contribution is 5.78. The van der Waals surface area contributed by atoms with Crippen LogP contribution in [-0.2, 0) is 11.3 Å². The largest absolute Gasteiger partial charge is 0.353 e. The van der Waals surface area contributed by atoms with Crippen LogP contribution in [0.2, 0.25) is 0 Å². The van der Waals surface area contributed by atoms with Gasteiger partial charge in [0.2, 0.25) is 5.91 Å². The fraction of sp³-hybridized carbons (Fsp3) is 0.417. The van der Waals surface area contributed by atoms with E-state index in [4.69, 9.17) is 0 Å². The molecule has 0 bridgehead atoms. The van der Waals surface area contributed by atoms with Gasteiger partial charge in [-0.1, -0.05) is 0 Å². The summed E-state index contributed by atoms with van der Waals surface area (Å²) < 4.78 is 25.7. The number of benzene rings is 1. The van der Waals surface area contributed by atoms with Gasteiger partial charge in [0.1, 0.15) is 11.6 Å². The molecular formula is C12H16F2N2O. The third kappa shape index (κ3) is 5.40. The minimum absolute atomic E-state index is 0.0796. The van der Waals surface area contributed by atoms with Crippen molar-refractivity contribution in [3.8, 4) is 0 Å². The molecule has 0 spiro atoms. The van der Waals surface area contributed by atoms with Gasteiger partial charge in [0, 0.05) is 18.7 Å². The summed E-state index contributed by atoms with van der Waals surface area (Å²) in [5.74, 6) is -1.38. The van der Waals surface area contributed by atoms with Crippen LogP contribution >= 0.6 is 0 Å². The van der Waals surface area contributed by atoms with E-state index in [2.05, 4.69) is 10.6 Å². The van der Waals surface area contributed by atoms with Gasteiger partial charge in [-0.25, -0.2) is 8.78 Å². The Bertz CT molecular complexity index is 374. The molecule has 0 fully saturated rings. The maximum Gasteiger partial charge on any atom is 0.234 e. The van der Waals surface area contributed by atoms with Gasteiger partial charge >= 0.3 is 0 Å². The van der Waals surface area contributed by atoms with Crippen LogP contribution in [0.3, 0.4) is 0 Å². The first-order valence-electron chi connectivity index (χ1n) is 5.42. The van der Waals surface area contributed by atoms with Crippen LogP contribution in [-0.4, -0.2) is 18.5 Å². The van der Waals surface area contributed by atoms with Crippen LogP contribution in [0.1, 0.15) is 19.4 Å². The van der Waals surface area contributed by atoms with E-state index in [9.17, 15) is 13.6 Å². The second-order valence-electron chi connectivity index (χ2n) is 4.10. The summed E-state index contributed by atoms with van der Waals surface area (Å²) in [5.41, 5.74) is 0.472. The zero-order valence-electron chi connectivity index (χ0n) is 9.89. The van der Waals surface area contributed by atoms with Crippen LogP contribution in [0.4, 0.5) is 8.78 Å². The van der Waals surface area contributed by atoms with Crippen LogP contribution in [0.5, 0.6) is 0 Å².